The molecule has 0 radical (unpaired) electrons. The molecule has 0 N–H and O–H groups in total. The third-order valence-corrected chi connectivity index (χ3v) is 9.47. The molecule has 12 nitrogen and oxygen atoms in total. The lowest BCUT2D eigenvalue weighted by Gasteiger charge is -2.28. The lowest BCUT2D eigenvalue weighted by molar-refractivity contribution is -0.125. The van der Waals surface area contributed by atoms with Crippen molar-refractivity contribution in [2.24, 2.45) is 11.8 Å². The molecule has 0 saturated carbocycles. The van der Waals surface area contributed by atoms with E-state index in [-0.39, 0.29) is 22.3 Å². The number of rotatable bonds is 5. The molecule has 52 heavy (non-hydrogen) atoms. The molecule has 6 atom stereocenters. The second-order valence-electron chi connectivity index (χ2n) is 15.6. The van der Waals surface area contributed by atoms with Gasteiger partial charge in [0.25, 0.3) is 0 Å². The smallest absolute Gasteiger partial charge is 0.411 e. The molecule has 2 saturated heterocycles. The molecule has 2 unspecified atom stereocenters. The number of Topliss-reactive ketones (excluding diaryl/α,β-unsaturated/α-hetero) is 6. The Kier molecular flexibility index (Phi) is 9.03. The number of amides is 2. The van der Waals surface area contributed by atoms with Crippen LogP contribution >= 0.6 is 0 Å². The van der Waals surface area contributed by atoms with Crippen LogP contribution in [0.25, 0.3) is 11.1 Å². The molecule has 274 valence electrons. The van der Waals surface area contributed by atoms with Crippen LogP contribution in [0.5, 0.6) is 0 Å². The van der Waals surface area contributed by atoms with Crippen molar-refractivity contribution in [3.63, 3.8) is 0 Å². The summed E-state index contributed by atoms with van der Waals surface area (Å²) >= 11 is 0. The number of alkyl halides is 2. The number of nitrogens with zero attached hydrogens (tertiary/aromatic N) is 2. The molecule has 0 aromatic heterocycles. The molecule has 4 aliphatic rings. The molecule has 2 aliphatic carbocycles. The zero-order valence-corrected chi connectivity index (χ0v) is 29.5. The van der Waals surface area contributed by atoms with Crippen molar-refractivity contribution in [3.05, 3.63) is 58.7 Å². The molecule has 2 aromatic carbocycles. The van der Waals surface area contributed by atoms with E-state index >= 15 is 0 Å². The number of hydrogen-bond donors (Lipinski definition) is 0. The first-order chi connectivity index (χ1) is 24.2. The Balaban J connectivity index is 1.23. The number of carbonyl (C=O) groups excluding carboxylic acids is 8. The summed E-state index contributed by atoms with van der Waals surface area (Å²) in [5, 5.41) is 0. The van der Waals surface area contributed by atoms with Gasteiger partial charge in [0, 0.05) is 35.1 Å². The van der Waals surface area contributed by atoms with E-state index in [4.69, 9.17) is 9.47 Å². The highest BCUT2D eigenvalue weighted by Crippen LogP contribution is 2.38. The van der Waals surface area contributed by atoms with Crippen LogP contribution in [-0.2, 0) is 19.1 Å². The minimum Gasteiger partial charge on any atom is -0.444 e. The topological polar surface area (TPSA) is 162 Å². The predicted octanol–water partition coefficient (Wildman–Crippen LogP) is 5.18. The molecular weight excluding hydrogens is 682 g/mol. The van der Waals surface area contributed by atoms with Crippen molar-refractivity contribution in [1.29, 1.82) is 0 Å². The molecule has 2 aliphatic heterocycles. The number of hydrogen-bond acceptors (Lipinski definition) is 10. The summed E-state index contributed by atoms with van der Waals surface area (Å²) in [5.41, 5.74) is -1.43. The van der Waals surface area contributed by atoms with E-state index in [9.17, 15) is 47.1 Å². The Morgan fingerprint density at radius 1 is 0.577 bits per heavy atom. The van der Waals surface area contributed by atoms with Gasteiger partial charge >= 0.3 is 12.2 Å². The Hall–Kier alpha value is -5.14. The van der Waals surface area contributed by atoms with Gasteiger partial charge in [0.1, 0.15) is 35.4 Å². The summed E-state index contributed by atoms with van der Waals surface area (Å²) in [6.45, 7) is 8.78. The fourth-order valence-electron chi connectivity index (χ4n) is 7.20. The van der Waals surface area contributed by atoms with Crippen LogP contribution in [0.2, 0.25) is 0 Å². The third kappa shape index (κ3) is 6.54. The van der Waals surface area contributed by atoms with Crippen molar-refractivity contribution in [2.45, 2.75) is 90.0 Å². The standard InChI is InChI=1S/C38H38F2N2O10/c1-37(2,3)51-35(49)41-15-19(39)13-25(41)33(47)27-29(43)21-9-7-17(11-23(21)31(27)45)18-8-10-22-24(12-18)32(46)28(30(22)44)34(48)26-14-20(40)16-42(26)36(50)52-38(4,5)6/h7-12,19-20,25-28H,13-16H2,1-6H3/t19-,20-,25+,26+,27?,28?/m1/s1. The minimum absolute atomic E-state index is 0.0407. The number of ether oxygens (including phenoxy) is 2. The van der Waals surface area contributed by atoms with Crippen molar-refractivity contribution in [2.75, 3.05) is 13.1 Å². The monoisotopic (exact) mass is 720 g/mol. The van der Waals surface area contributed by atoms with Crippen LogP contribution in [-0.4, -0.2) is 105 Å². The minimum atomic E-state index is -1.80. The summed E-state index contributed by atoms with van der Waals surface area (Å²) in [7, 11) is 0. The van der Waals surface area contributed by atoms with Crippen LogP contribution in [0, 0.1) is 11.8 Å². The van der Waals surface area contributed by atoms with E-state index in [1.165, 1.54) is 36.4 Å². The summed E-state index contributed by atoms with van der Waals surface area (Å²) in [4.78, 5) is 109. The average Bonchev–Trinajstić information content (AvgIpc) is 3.77. The summed E-state index contributed by atoms with van der Waals surface area (Å²) in [6, 6.07) is 5.63. The fraction of sp³-hybridized carbons (Fsp3) is 0.474. The molecule has 2 fully saturated rings. The van der Waals surface area contributed by atoms with Gasteiger partial charge in [-0.1, -0.05) is 24.3 Å². The van der Waals surface area contributed by atoms with Gasteiger partial charge in [0.15, 0.2) is 34.7 Å². The van der Waals surface area contributed by atoms with Crippen LogP contribution in [0.1, 0.15) is 95.8 Å². The number of benzene rings is 2. The quantitative estimate of drug-likeness (QED) is 0.377. The maximum absolute atomic E-state index is 14.5. The van der Waals surface area contributed by atoms with Gasteiger partial charge in [-0.25, -0.2) is 18.4 Å². The molecular formula is C38H38F2N2O10. The number of ketones is 6. The average molecular weight is 721 g/mol. The number of carbonyl (C=O) groups is 8. The summed E-state index contributed by atoms with van der Waals surface area (Å²) in [6.07, 6.45) is -5.78. The predicted molar refractivity (Wildman–Crippen MR) is 179 cm³/mol. The lowest BCUT2D eigenvalue weighted by atomic mass is 9.92. The maximum atomic E-state index is 14.5. The van der Waals surface area contributed by atoms with Crippen LogP contribution in [0.15, 0.2) is 36.4 Å². The third-order valence-electron chi connectivity index (χ3n) is 9.47. The van der Waals surface area contributed by atoms with Crippen molar-refractivity contribution < 1.29 is 56.6 Å². The largest absolute Gasteiger partial charge is 0.444 e. The highest BCUT2D eigenvalue weighted by Gasteiger charge is 2.52. The van der Waals surface area contributed by atoms with Crippen LogP contribution < -0.4 is 0 Å². The van der Waals surface area contributed by atoms with E-state index in [2.05, 4.69) is 0 Å². The molecule has 0 bridgehead atoms. The molecule has 0 spiro atoms. The number of likely N-dealkylation sites (tertiary alicyclic amines) is 2. The van der Waals surface area contributed by atoms with Gasteiger partial charge in [0.05, 0.1) is 25.2 Å². The normalized spacial score (nSPS) is 25.8. The van der Waals surface area contributed by atoms with E-state index in [1.807, 2.05) is 0 Å². The first kappa shape index (κ1) is 36.6. The SMILES string of the molecule is CC(C)(C)OC(=O)N1C[C@H](F)C[C@H]1C(=O)C1C(=O)c2ccc(-c3ccc4c(c3)C(=O)C(C(=O)[C@@H]3C[C@@H](F)CN3C(=O)OC(C)(C)C)C4=O)cc2C1=O. The second kappa shape index (κ2) is 12.8. The van der Waals surface area contributed by atoms with Crippen LogP contribution in [0.4, 0.5) is 18.4 Å². The van der Waals surface area contributed by atoms with E-state index < -0.39 is 120 Å². The molecule has 2 amide bonds. The number of fused-ring (bicyclic) bond motifs is 2. The zero-order valence-electron chi connectivity index (χ0n) is 29.5. The van der Waals surface area contributed by atoms with E-state index in [0.29, 0.717) is 11.1 Å². The Bertz CT molecular complexity index is 1820. The Morgan fingerprint density at radius 3 is 1.23 bits per heavy atom. The van der Waals surface area contributed by atoms with Gasteiger partial charge in [-0.05, 0) is 64.8 Å². The summed E-state index contributed by atoms with van der Waals surface area (Å²) in [5.74, 6) is -8.65. The first-order valence-corrected chi connectivity index (χ1v) is 17.0. The highest BCUT2D eigenvalue weighted by molar-refractivity contribution is 6.37. The Labute approximate surface area is 297 Å². The van der Waals surface area contributed by atoms with E-state index in [0.717, 1.165) is 9.80 Å². The summed E-state index contributed by atoms with van der Waals surface area (Å²) < 4.78 is 39.6. The van der Waals surface area contributed by atoms with Gasteiger partial charge < -0.3 is 9.47 Å². The first-order valence-electron chi connectivity index (χ1n) is 17.0. The Morgan fingerprint density at radius 2 is 0.904 bits per heavy atom. The van der Waals surface area contributed by atoms with Gasteiger partial charge in [-0.15, -0.1) is 0 Å². The highest BCUT2D eigenvalue weighted by atomic mass is 19.1. The number of halogens is 2. The van der Waals surface area contributed by atoms with Gasteiger partial charge in [-0.2, -0.15) is 0 Å². The van der Waals surface area contributed by atoms with Crippen molar-refractivity contribution in [3.8, 4) is 11.1 Å². The molecule has 2 heterocycles. The fourth-order valence-corrected chi connectivity index (χ4v) is 7.20. The lowest BCUT2D eigenvalue weighted by Crippen LogP contribution is -2.47. The maximum Gasteiger partial charge on any atom is 0.411 e. The van der Waals surface area contributed by atoms with Crippen LogP contribution in [0.3, 0.4) is 0 Å². The van der Waals surface area contributed by atoms with Crippen molar-refractivity contribution in [1.82, 2.24) is 9.80 Å². The zero-order chi connectivity index (χ0) is 38.2. The van der Waals surface area contributed by atoms with E-state index in [1.54, 1.807) is 41.5 Å². The molecule has 2 aromatic rings. The molecule has 6 rings (SSSR count). The van der Waals surface area contributed by atoms with Crippen molar-refractivity contribution >= 4 is 46.9 Å². The second-order valence-corrected chi connectivity index (χ2v) is 15.6. The molecule has 14 heteroatoms. The van der Waals surface area contributed by atoms with Gasteiger partial charge in [-0.3, -0.25) is 38.6 Å². The van der Waals surface area contributed by atoms with Gasteiger partial charge in [0.2, 0.25) is 0 Å².